The number of unbranched alkanes of at least 4 members (excludes halogenated alkanes) is 1. The van der Waals surface area contributed by atoms with Gasteiger partial charge in [-0.05, 0) is 53.8 Å². The summed E-state index contributed by atoms with van der Waals surface area (Å²) in [7, 11) is 2.85. The lowest BCUT2D eigenvalue weighted by Crippen LogP contribution is -2.12. The number of esters is 1. The first-order chi connectivity index (χ1) is 17.4. The highest BCUT2D eigenvalue weighted by Gasteiger charge is 2.20. The van der Waals surface area contributed by atoms with Crippen LogP contribution in [0.3, 0.4) is 0 Å². The van der Waals surface area contributed by atoms with Crippen LogP contribution in [0.4, 0.5) is 0 Å². The molecule has 0 aliphatic heterocycles. The molecule has 8 heteroatoms. The lowest BCUT2D eigenvalue weighted by atomic mass is 10.0. The van der Waals surface area contributed by atoms with Crippen molar-refractivity contribution in [2.24, 2.45) is 0 Å². The van der Waals surface area contributed by atoms with E-state index < -0.39 is 11.9 Å². The maximum absolute atomic E-state index is 12.7. The monoisotopic (exact) mass is 487 g/mol. The number of aryl methyl sites for hydroxylation is 1. The molecule has 36 heavy (non-hydrogen) atoms. The quantitative estimate of drug-likeness (QED) is 0.235. The summed E-state index contributed by atoms with van der Waals surface area (Å²) in [6.45, 7) is 2.09. The molecule has 2 aromatic heterocycles. The number of aromatic amines is 1. The highest BCUT2D eigenvalue weighted by atomic mass is 16.5. The first kappa shape index (κ1) is 24.8. The maximum atomic E-state index is 12.7. The molecule has 0 unspecified atom stereocenters. The minimum absolute atomic E-state index is 0.206. The van der Waals surface area contributed by atoms with Gasteiger partial charge >= 0.3 is 11.9 Å². The van der Waals surface area contributed by atoms with Gasteiger partial charge in [0.1, 0.15) is 11.6 Å². The molecule has 0 spiro atoms. The molecule has 0 saturated carbocycles. The Morgan fingerprint density at radius 1 is 1.14 bits per heavy atom. The summed E-state index contributed by atoms with van der Waals surface area (Å²) in [6, 6.07) is 12.9. The van der Waals surface area contributed by atoms with Crippen LogP contribution in [-0.4, -0.2) is 45.8 Å². The van der Waals surface area contributed by atoms with E-state index in [-0.39, 0.29) is 12.0 Å². The largest absolute Gasteiger partial charge is 0.497 e. The number of nitrogens with one attached hydrogen (secondary N) is 1. The molecular weight excluding hydrogens is 458 g/mol. The molecule has 0 atom stereocenters. The third-order valence-corrected chi connectivity index (χ3v) is 6.08. The second-order valence-corrected chi connectivity index (χ2v) is 8.46. The van der Waals surface area contributed by atoms with Crippen molar-refractivity contribution in [1.82, 2.24) is 14.5 Å². The average molecular weight is 488 g/mol. The zero-order valence-electron chi connectivity index (χ0n) is 20.6. The fraction of sp³-hybridized carbons (Fsp3) is 0.250. The van der Waals surface area contributed by atoms with E-state index >= 15 is 0 Å². The highest BCUT2D eigenvalue weighted by molar-refractivity contribution is 5.95. The molecule has 2 aromatic carbocycles. The van der Waals surface area contributed by atoms with Crippen LogP contribution in [0.25, 0.3) is 22.7 Å². The Balaban J connectivity index is 1.83. The van der Waals surface area contributed by atoms with Crippen LogP contribution < -0.4 is 4.74 Å². The summed E-state index contributed by atoms with van der Waals surface area (Å²) < 4.78 is 12.2. The third-order valence-electron chi connectivity index (χ3n) is 6.08. The minimum atomic E-state index is -1.02. The van der Waals surface area contributed by atoms with Crippen molar-refractivity contribution in [2.75, 3.05) is 14.2 Å². The molecule has 0 fully saturated rings. The Morgan fingerprint density at radius 2 is 1.97 bits per heavy atom. The number of hydrogen-bond acceptors (Lipinski definition) is 5. The first-order valence-electron chi connectivity index (χ1n) is 11.8. The second-order valence-electron chi connectivity index (χ2n) is 8.46. The van der Waals surface area contributed by atoms with Crippen LogP contribution in [0.5, 0.6) is 5.75 Å². The van der Waals surface area contributed by atoms with Gasteiger partial charge in [0.15, 0.2) is 0 Å². The standard InChI is InChI=1S/C28H29N3O5/c1-4-5-6-26-30-17-21(31(26)25-10-9-22(35-2)16-23(25)28(34)36-3)15-20(27(32)33)13-18-7-8-19-11-12-29-24(19)14-18/h7-12,14-17,29H,4-6,13H2,1-3H3,(H,32,33)/b20-15+. The van der Waals surface area contributed by atoms with Crippen molar-refractivity contribution in [2.45, 2.75) is 32.6 Å². The zero-order valence-corrected chi connectivity index (χ0v) is 20.6. The molecule has 4 rings (SSSR count). The molecule has 0 amide bonds. The van der Waals surface area contributed by atoms with Gasteiger partial charge < -0.3 is 19.6 Å². The number of carbonyl (C=O) groups is 2. The molecular formula is C28H29N3O5. The van der Waals surface area contributed by atoms with E-state index in [0.29, 0.717) is 29.1 Å². The molecule has 2 heterocycles. The number of aromatic nitrogens is 3. The normalized spacial score (nSPS) is 11.6. The van der Waals surface area contributed by atoms with Gasteiger partial charge in [0, 0.05) is 30.1 Å². The summed E-state index contributed by atoms with van der Waals surface area (Å²) in [6.07, 6.45) is 7.88. The number of fused-ring (bicyclic) bond motifs is 1. The van der Waals surface area contributed by atoms with Crippen molar-refractivity contribution in [3.05, 3.63) is 83.1 Å². The lowest BCUT2D eigenvalue weighted by molar-refractivity contribution is -0.132. The summed E-state index contributed by atoms with van der Waals surface area (Å²) in [5.41, 5.74) is 3.44. The van der Waals surface area contributed by atoms with Crippen LogP contribution in [0, 0.1) is 0 Å². The number of carboxylic acid groups (broad SMARTS) is 1. The molecule has 4 aromatic rings. The number of hydrogen-bond donors (Lipinski definition) is 2. The number of ether oxygens (including phenoxy) is 2. The molecule has 8 nitrogen and oxygen atoms in total. The van der Waals surface area contributed by atoms with E-state index in [1.807, 2.05) is 35.0 Å². The topological polar surface area (TPSA) is 106 Å². The Bertz CT molecular complexity index is 1430. The zero-order chi connectivity index (χ0) is 25.7. The second kappa shape index (κ2) is 10.9. The van der Waals surface area contributed by atoms with E-state index in [1.54, 1.807) is 30.5 Å². The van der Waals surface area contributed by atoms with Gasteiger partial charge in [-0.15, -0.1) is 0 Å². The van der Waals surface area contributed by atoms with Crippen molar-refractivity contribution < 1.29 is 24.2 Å². The van der Waals surface area contributed by atoms with Gasteiger partial charge in [-0.3, -0.25) is 4.57 Å². The first-order valence-corrected chi connectivity index (χ1v) is 11.8. The van der Waals surface area contributed by atoms with Gasteiger partial charge in [-0.2, -0.15) is 0 Å². The molecule has 2 N–H and O–H groups in total. The molecule has 186 valence electrons. The number of imidazole rings is 1. The number of carbonyl (C=O) groups excluding carboxylic acids is 1. The highest BCUT2D eigenvalue weighted by Crippen LogP contribution is 2.27. The van der Waals surface area contributed by atoms with E-state index in [9.17, 15) is 14.7 Å². The molecule has 0 aliphatic carbocycles. The lowest BCUT2D eigenvalue weighted by Gasteiger charge is -2.16. The van der Waals surface area contributed by atoms with E-state index in [4.69, 9.17) is 9.47 Å². The van der Waals surface area contributed by atoms with E-state index in [2.05, 4.69) is 16.9 Å². The Kier molecular flexibility index (Phi) is 7.53. The predicted octanol–water partition coefficient (Wildman–Crippen LogP) is 5.20. The van der Waals surface area contributed by atoms with Crippen LogP contribution in [-0.2, 0) is 22.4 Å². The summed E-state index contributed by atoms with van der Waals surface area (Å²) in [4.78, 5) is 32.7. The number of benzene rings is 2. The van der Waals surface area contributed by atoms with E-state index in [0.717, 1.165) is 35.1 Å². The Hall–Kier alpha value is -4.33. The van der Waals surface area contributed by atoms with Gasteiger partial charge in [0.05, 0.1) is 37.4 Å². The maximum Gasteiger partial charge on any atom is 0.340 e. The number of methoxy groups -OCH3 is 2. The number of nitrogens with zero attached hydrogens (tertiary/aromatic N) is 2. The number of rotatable bonds is 10. The third kappa shape index (κ3) is 5.17. The Labute approximate surface area is 209 Å². The van der Waals surface area contributed by atoms with Gasteiger partial charge in [0.25, 0.3) is 0 Å². The summed E-state index contributed by atoms with van der Waals surface area (Å²) in [5.74, 6) is -0.299. The van der Waals surface area contributed by atoms with Crippen molar-refractivity contribution in [1.29, 1.82) is 0 Å². The van der Waals surface area contributed by atoms with Gasteiger partial charge in [-0.1, -0.05) is 25.5 Å². The van der Waals surface area contributed by atoms with Gasteiger partial charge in [-0.25, -0.2) is 14.6 Å². The molecule has 0 saturated heterocycles. The molecule has 0 bridgehead atoms. The average Bonchev–Trinajstić information content (AvgIpc) is 3.52. The predicted molar refractivity (Wildman–Crippen MR) is 138 cm³/mol. The van der Waals surface area contributed by atoms with Crippen molar-refractivity contribution in [3.63, 3.8) is 0 Å². The smallest absolute Gasteiger partial charge is 0.340 e. The molecule has 0 aliphatic rings. The van der Waals surface area contributed by atoms with Crippen molar-refractivity contribution in [3.8, 4) is 11.4 Å². The number of H-pyrrole nitrogens is 1. The van der Waals surface area contributed by atoms with Crippen LogP contribution in [0.2, 0.25) is 0 Å². The van der Waals surface area contributed by atoms with Gasteiger partial charge in [0.2, 0.25) is 0 Å². The number of carboxylic acids is 1. The van der Waals surface area contributed by atoms with Crippen LogP contribution >= 0.6 is 0 Å². The van der Waals surface area contributed by atoms with Crippen LogP contribution in [0.1, 0.15) is 47.2 Å². The van der Waals surface area contributed by atoms with Crippen LogP contribution in [0.15, 0.2) is 60.4 Å². The fourth-order valence-corrected chi connectivity index (χ4v) is 4.20. The Morgan fingerprint density at radius 3 is 2.69 bits per heavy atom. The van der Waals surface area contributed by atoms with E-state index in [1.165, 1.54) is 14.2 Å². The molecule has 0 radical (unpaired) electrons. The summed E-state index contributed by atoms with van der Waals surface area (Å²) >= 11 is 0. The minimum Gasteiger partial charge on any atom is -0.497 e. The van der Waals surface area contributed by atoms with Crippen molar-refractivity contribution >= 4 is 28.9 Å². The SMILES string of the molecule is CCCCc1ncc(/C=C(\Cc2ccc3cc[nH]c3c2)C(=O)O)n1-c1ccc(OC)cc1C(=O)OC. The summed E-state index contributed by atoms with van der Waals surface area (Å²) in [5, 5.41) is 11.1. The fourth-order valence-electron chi connectivity index (χ4n) is 4.20. The number of aliphatic carboxylic acids is 1.